The number of piperidine rings is 1. The molecule has 4 nitrogen and oxygen atoms in total. The molecule has 0 radical (unpaired) electrons. The first-order valence-corrected chi connectivity index (χ1v) is 9.51. The lowest BCUT2D eigenvalue weighted by Crippen LogP contribution is -2.49. The van der Waals surface area contributed by atoms with E-state index < -0.39 is 0 Å². The van der Waals surface area contributed by atoms with Crippen LogP contribution in [0.3, 0.4) is 0 Å². The summed E-state index contributed by atoms with van der Waals surface area (Å²) in [5, 5.41) is 0. The van der Waals surface area contributed by atoms with Gasteiger partial charge in [0.2, 0.25) is 0 Å². The number of rotatable bonds is 7. The number of hydrogen-bond donors (Lipinski definition) is 0. The second-order valence-electron chi connectivity index (χ2n) is 6.96. The zero-order valence-electron chi connectivity index (χ0n) is 16.2. The van der Waals surface area contributed by atoms with Gasteiger partial charge in [0.15, 0.2) is 0 Å². The van der Waals surface area contributed by atoms with Crippen LogP contribution in [0.5, 0.6) is 0 Å². The van der Waals surface area contributed by atoms with E-state index in [4.69, 9.17) is 4.74 Å². The Morgan fingerprint density at radius 1 is 1.11 bits per heavy atom. The first kappa shape index (κ1) is 22.3. The highest BCUT2D eigenvalue weighted by Crippen LogP contribution is 2.26. The highest BCUT2D eigenvalue weighted by Gasteiger charge is 2.30. The molecule has 152 valence electrons. The minimum atomic E-state index is -0.367. The maximum absolute atomic E-state index is 14.3. The van der Waals surface area contributed by atoms with Crippen molar-refractivity contribution in [3.05, 3.63) is 66.0 Å². The van der Waals surface area contributed by atoms with Gasteiger partial charge in [0, 0.05) is 32.8 Å². The van der Waals surface area contributed by atoms with Crippen LogP contribution in [0, 0.1) is 5.82 Å². The molecule has 1 aliphatic heterocycles. The van der Waals surface area contributed by atoms with E-state index in [0.29, 0.717) is 5.69 Å². The molecule has 2 aromatic carbocycles. The molecule has 0 aliphatic carbocycles. The van der Waals surface area contributed by atoms with Crippen molar-refractivity contribution < 1.29 is 13.9 Å². The van der Waals surface area contributed by atoms with Crippen molar-refractivity contribution in [1.82, 2.24) is 4.90 Å². The van der Waals surface area contributed by atoms with Gasteiger partial charge in [-0.1, -0.05) is 42.5 Å². The van der Waals surface area contributed by atoms with E-state index in [-0.39, 0.29) is 36.8 Å². The molecule has 0 saturated carbocycles. The number of anilines is 1. The third kappa shape index (κ3) is 5.77. The van der Waals surface area contributed by atoms with E-state index in [1.165, 1.54) is 18.7 Å². The van der Waals surface area contributed by atoms with Gasteiger partial charge in [-0.25, -0.2) is 4.39 Å². The van der Waals surface area contributed by atoms with Crippen LogP contribution < -0.4 is 4.90 Å². The van der Waals surface area contributed by atoms with Gasteiger partial charge in [-0.05, 0) is 37.0 Å². The van der Waals surface area contributed by atoms with Crippen molar-refractivity contribution in [2.45, 2.75) is 25.3 Å². The smallest absolute Gasteiger partial charge is 0.253 e. The lowest BCUT2D eigenvalue weighted by Gasteiger charge is -2.38. The molecule has 0 N–H and O–H groups in total. The third-order valence-electron chi connectivity index (χ3n) is 5.13. The lowest BCUT2D eigenvalue weighted by atomic mass is 10.0. The predicted molar refractivity (Wildman–Crippen MR) is 113 cm³/mol. The standard InChI is InChI=1S/C22H27FN2O2.ClH/c1-27-17-22(26)25(21-10-6-5-9-20(21)23)19-12-15-24(16-13-19)14-11-18-7-3-2-4-8-18;/h2-10,19H,11-17H2,1H3;1H. The number of likely N-dealkylation sites (tertiary alicyclic amines) is 1. The number of benzene rings is 2. The van der Waals surface area contributed by atoms with Gasteiger partial charge in [-0.15, -0.1) is 12.4 Å². The van der Waals surface area contributed by atoms with Gasteiger partial charge in [0.25, 0.3) is 5.91 Å². The van der Waals surface area contributed by atoms with Crippen LogP contribution >= 0.6 is 12.4 Å². The molecule has 3 rings (SSSR count). The molecule has 0 atom stereocenters. The Morgan fingerprint density at radius 3 is 2.39 bits per heavy atom. The summed E-state index contributed by atoms with van der Waals surface area (Å²) in [5.74, 6) is -0.557. The van der Waals surface area contributed by atoms with E-state index in [1.807, 2.05) is 6.07 Å². The van der Waals surface area contributed by atoms with Crippen LogP contribution in [-0.4, -0.2) is 50.2 Å². The van der Waals surface area contributed by atoms with Crippen LogP contribution in [0.2, 0.25) is 0 Å². The van der Waals surface area contributed by atoms with E-state index in [1.54, 1.807) is 23.1 Å². The largest absolute Gasteiger partial charge is 0.375 e. The number of carbonyl (C=O) groups excluding carboxylic acids is 1. The first-order chi connectivity index (χ1) is 13.2. The maximum atomic E-state index is 14.3. The molecule has 28 heavy (non-hydrogen) atoms. The summed E-state index contributed by atoms with van der Waals surface area (Å²) in [5.41, 5.74) is 1.69. The number of methoxy groups -OCH3 is 1. The monoisotopic (exact) mass is 406 g/mol. The molecule has 1 amide bonds. The maximum Gasteiger partial charge on any atom is 0.253 e. The van der Waals surface area contributed by atoms with Crippen LogP contribution in [0.25, 0.3) is 0 Å². The molecule has 0 aromatic heterocycles. The summed E-state index contributed by atoms with van der Waals surface area (Å²) in [6, 6.07) is 16.9. The molecule has 1 saturated heterocycles. The molecular formula is C22H28ClFN2O2. The molecule has 0 unspecified atom stereocenters. The van der Waals surface area contributed by atoms with Crippen LogP contribution in [0.4, 0.5) is 10.1 Å². The fourth-order valence-corrected chi connectivity index (χ4v) is 3.71. The molecule has 0 bridgehead atoms. The van der Waals surface area contributed by atoms with Gasteiger partial charge >= 0.3 is 0 Å². The molecule has 2 aromatic rings. The summed E-state index contributed by atoms with van der Waals surface area (Å²) < 4.78 is 19.4. The Morgan fingerprint density at radius 2 is 1.75 bits per heavy atom. The van der Waals surface area contributed by atoms with Gasteiger partial charge in [-0.2, -0.15) is 0 Å². The number of para-hydroxylation sites is 1. The minimum absolute atomic E-state index is 0. The Bertz CT molecular complexity index is 736. The highest BCUT2D eigenvalue weighted by molar-refractivity contribution is 5.95. The number of carbonyl (C=O) groups is 1. The SMILES string of the molecule is COCC(=O)N(c1ccccc1F)C1CCN(CCc2ccccc2)CC1.Cl. The molecule has 0 spiro atoms. The van der Waals surface area contributed by atoms with Crippen LogP contribution in [0.15, 0.2) is 54.6 Å². The van der Waals surface area contributed by atoms with Crippen LogP contribution in [0.1, 0.15) is 18.4 Å². The first-order valence-electron chi connectivity index (χ1n) is 9.51. The van der Waals surface area contributed by atoms with Gasteiger partial charge in [0.05, 0.1) is 5.69 Å². The number of nitrogens with zero attached hydrogens (tertiary/aromatic N) is 2. The molecule has 1 aliphatic rings. The second kappa shape index (κ2) is 11.1. The third-order valence-corrected chi connectivity index (χ3v) is 5.13. The fourth-order valence-electron chi connectivity index (χ4n) is 3.71. The van der Waals surface area contributed by atoms with Crippen LogP contribution in [-0.2, 0) is 16.0 Å². The summed E-state index contributed by atoms with van der Waals surface area (Å²) in [6.45, 7) is 2.77. The minimum Gasteiger partial charge on any atom is -0.375 e. The van der Waals surface area contributed by atoms with Crippen molar-refractivity contribution in [3.8, 4) is 0 Å². The Balaban J connectivity index is 0.00000280. The normalized spacial score (nSPS) is 15.1. The number of amides is 1. The highest BCUT2D eigenvalue weighted by atomic mass is 35.5. The Labute approximate surface area is 172 Å². The molecule has 1 fully saturated rings. The molecule has 1 heterocycles. The zero-order valence-corrected chi connectivity index (χ0v) is 17.0. The number of halogens is 2. The predicted octanol–water partition coefficient (Wildman–Crippen LogP) is 3.93. The summed E-state index contributed by atoms with van der Waals surface area (Å²) in [6.07, 6.45) is 2.68. The van der Waals surface area contributed by atoms with Gasteiger partial charge < -0.3 is 14.5 Å². The summed E-state index contributed by atoms with van der Waals surface area (Å²) in [4.78, 5) is 16.6. The van der Waals surface area contributed by atoms with Crippen molar-refractivity contribution in [2.75, 3.05) is 38.3 Å². The van der Waals surface area contributed by atoms with E-state index in [0.717, 1.165) is 38.9 Å². The summed E-state index contributed by atoms with van der Waals surface area (Å²) >= 11 is 0. The number of ether oxygens (including phenoxy) is 1. The quantitative estimate of drug-likeness (QED) is 0.698. The Hall–Kier alpha value is -1.95. The summed E-state index contributed by atoms with van der Waals surface area (Å²) in [7, 11) is 1.49. The molecule has 6 heteroatoms. The van der Waals surface area contributed by atoms with Crippen molar-refractivity contribution >= 4 is 24.0 Å². The zero-order chi connectivity index (χ0) is 19.1. The van der Waals surface area contributed by atoms with Gasteiger partial charge in [0.1, 0.15) is 12.4 Å². The lowest BCUT2D eigenvalue weighted by molar-refractivity contribution is -0.122. The van der Waals surface area contributed by atoms with Crippen molar-refractivity contribution in [3.63, 3.8) is 0 Å². The van der Waals surface area contributed by atoms with E-state index >= 15 is 0 Å². The van der Waals surface area contributed by atoms with E-state index in [2.05, 4.69) is 29.2 Å². The Kier molecular flexibility index (Phi) is 8.90. The second-order valence-corrected chi connectivity index (χ2v) is 6.96. The topological polar surface area (TPSA) is 32.8 Å². The average molecular weight is 407 g/mol. The molecular weight excluding hydrogens is 379 g/mol. The van der Waals surface area contributed by atoms with Crippen molar-refractivity contribution in [1.29, 1.82) is 0 Å². The average Bonchev–Trinajstić information content (AvgIpc) is 2.70. The van der Waals surface area contributed by atoms with E-state index in [9.17, 15) is 9.18 Å². The fraction of sp³-hybridized carbons (Fsp3) is 0.409. The number of hydrogen-bond acceptors (Lipinski definition) is 3. The van der Waals surface area contributed by atoms with Gasteiger partial charge in [-0.3, -0.25) is 4.79 Å². The van der Waals surface area contributed by atoms with Crippen molar-refractivity contribution in [2.24, 2.45) is 0 Å².